The Balaban J connectivity index is 2.91. The molecule has 1 rings (SSSR count). The number of carbonyl (C=O) groups is 2. The van der Waals surface area contributed by atoms with Gasteiger partial charge in [-0.15, -0.1) is 0 Å². The molecule has 0 aromatic carbocycles. The monoisotopic (exact) mass is 226 g/mol. The number of esters is 2. The molecule has 16 heavy (non-hydrogen) atoms. The van der Waals surface area contributed by atoms with E-state index in [2.05, 4.69) is 20.1 Å². The van der Waals surface area contributed by atoms with Crippen LogP contribution in [0.25, 0.3) is 20.9 Å². The molecule has 0 atom stereocenters. The average Bonchev–Trinajstić information content (AvgIpc) is 2.22. The Hall–Kier alpha value is -2.44. The lowest BCUT2D eigenvalue weighted by molar-refractivity contribution is -0.236. The van der Waals surface area contributed by atoms with Crippen molar-refractivity contribution >= 4 is 11.9 Å². The molecule has 0 saturated carbocycles. The van der Waals surface area contributed by atoms with Gasteiger partial charge in [-0.1, -0.05) is 10.2 Å². The summed E-state index contributed by atoms with van der Waals surface area (Å²) in [5, 5.41) is 6.26. The molecule has 0 aromatic heterocycles. The van der Waals surface area contributed by atoms with Crippen LogP contribution in [-0.4, -0.2) is 30.8 Å². The van der Waals surface area contributed by atoms with Crippen LogP contribution in [0, 0.1) is 0 Å². The summed E-state index contributed by atoms with van der Waals surface area (Å²) in [6.45, 7) is -0.889. The van der Waals surface area contributed by atoms with Crippen LogP contribution in [0.1, 0.15) is 6.42 Å². The Morgan fingerprint density at radius 2 is 1.56 bits per heavy atom. The smallest absolute Gasteiger partial charge is 0.320 e. The first-order valence-corrected chi connectivity index (χ1v) is 4.07. The van der Waals surface area contributed by atoms with Crippen LogP contribution in [0.5, 0.6) is 0 Å². The lowest BCUT2D eigenvalue weighted by atomic mass is 10.2. The van der Waals surface area contributed by atoms with E-state index >= 15 is 0 Å². The highest BCUT2D eigenvalue weighted by atomic mass is 16.7. The summed E-state index contributed by atoms with van der Waals surface area (Å²) in [5.41, 5.74) is 16.3. The maximum absolute atomic E-state index is 11.0. The van der Waals surface area contributed by atoms with Crippen LogP contribution in [0.4, 0.5) is 0 Å². The van der Waals surface area contributed by atoms with Crippen LogP contribution >= 0.6 is 0 Å². The van der Waals surface area contributed by atoms with E-state index in [1.54, 1.807) is 0 Å². The fraction of sp³-hybridized carbons (Fsp3) is 0.667. The van der Waals surface area contributed by atoms with Gasteiger partial charge in [0.25, 0.3) is 5.79 Å². The number of azide groups is 2. The number of carbonyl (C=O) groups excluding carboxylic acids is 2. The topological polar surface area (TPSA) is 150 Å². The molecule has 1 saturated heterocycles. The maximum Gasteiger partial charge on any atom is 0.320 e. The number of nitrogens with zero attached hydrogens (tertiary/aromatic N) is 6. The van der Waals surface area contributed by atoms with E-state index in [-0.39, 0.29) is 0 Å². The number of ether oxygens (including phenoxy) is 2. The summed E-state index contributed by atoms with van der Waals surface area (Å²) in [6.07, 6.45) is -0.520. The zero-order valence-corrected chi connectivity index (χ0v) is 7.94. The van der Waals surface area contributed by atoms with Gasteiger partial charge in [-0.25, -0.2) is 0 Å². The molecule has 0 N–H and O–H groups in total. The maximum atomic E-state index is 11.0. The molecular formula is C6H6N6O4. The molecule has 1 fully saturated rings. The van der Waals surface area contributed by atoms with Gasteiger partial charge in [-0.05, 0) is 11.1 Å². The van der Waals surface area contributed by atoms with Gasteiger partial charge < -0.3 is 9.47 Å². The molecule has 0 aliphatic carbocycles. The minimum Gasteiger partial charge on any atom is -0.422 e. The lowest BCUT2D eigenvalue weighted by Gasteiger charge is -2.33. The number of hydrogen-bond donors (Lipinski definition) is 0. The third kappa shape index (κ3) is 2.77. The van der Waals surface area contributed by atoms with Crippen molar-refractivity contribution in [1.82, 2.24) is 0 Å². The van der Waals surface area contributed by atoms with Crippen molar-refractivity contribution in [2.45, 2.75) is 12.2 Å². The van der Waals surface area contributed by atoms with Crippen LogP contribution < -0.4 is 0 Å². The minimum absolute atomic E-state index is 0.444. The van der Waals surface area contributed by atoms with Crippen molar-refractivity contribution in [3.8, 4) is 0 Å². The molecular weight excluding hydrogens is 220 g/mol. The third-order valence-corrected chi connectivity index (χ3v) is 1.64. The van der Waals surface area contributed by atoms with Crippen LogP contribution in [0.2, 0.25) is 0 Å². The van der Waals surface area contributed by atoms with Gasteiger partial charge >= 0.3 is 11.9 Å². The molecule has 1 heterocycles. The van der Waals surface area contributed by atoms with Crippen molar-refractivity contribution in [3.05, 3.63) is 20.9 Å². The fourth-order valence-corrected chi connectivity index (χ4v) is 1.08. The normalized spacial score (nSPS) is 17.5. The van der Waals surface area contributed by atoms with Gasteiger partial charge in [0.1, 0.15) is 19.5 Å². The van der Waals surface area contributed by atoms with Gasteiger partial charge in [0, 0.05) is 9.82 Å². The molecule has 84 valence electrons. The molecule has 0 amide bonds. The highest BCUT2D eigenvalue weighted by Gasteiger charge is 2.42. The minimum atomic E-state index is -1.81. The molecule has 1 aliphatic heterocycles. The van der Waals surface area contributed by atoms with Gasteiger partial charge in [0.15, 0.2) is 0 Å². The molecule has 0 radical (unpaired) electrons. The number of cyclic esters (lactones) is 2. The van der Waals surface area contributed by atoms with Gasteiger partial charge in [0.2, 0.25) is 0 Å². The molecule has 0 bridgehead atoms. The Bertz CT molecular complexity index is 362. The standard InChI is InChI=1S/C6H6N6O4/c7-11-9-2-6(3-10-12-8)15-4(13)1-5(14)16-6/h1-3H2. The summed E-state index contributed by atoms with van der Waals surface area (Å²) in [5.74, 6) is -3.46. The zero-order chi connectivity index (χ0) is 12.0. The summed E-state index contributed by atoms with van der Waals surface area (Å²) in [6, 6.07) is 0. The van der Waals surface area contributed by atoms with Crippen molar-refractivity contribution < 1.29 is 19.1 Å². The van der Waals surface area contributed by atoms with Crippen LogP contribution in [0.3, 0.4) is 0 Å². The predicted molar refractivity (Wildman–Crippen MR) is 47.6 cm³/mol. The molecule has 0 aromatic rings. The van der Waals surface area contributed by atoms with E-state index in [9.17, 15) is 9.59 Å². The quantitative estimate of drug-likeness (QED) is 0.229. The third-order valence-electron chi connectivity index (χ3n) is 1.64. The number of hydrogen-bond acceptors (Lipinski definition) is 6. The van der Waals surface area contributed by atoms with Crippen molar-refractivity contribution in [2.24, 2.45) is 10.2 Å². The first-order chi connectivity index (χ1) is 7.62. The van der Waals surface area contributed by atoms with Gasteiger partial charge in [-0.3, -0.25) is 9.59 Å². The second kappa shape index (κ2) is 4.87. The first kappa shape index (κ1) is 11.6. The van der Waals surface area contributed by atoms with Crippen molar-refractivity contribution in [2.75, 3.05) is 13.1 Å². The zero-order valence-electron chi connectivity index (χ0n) is 7.94. The summed E-state index contributed by atoms with van der Waals surface area (Å²) >= 11 is 0. The second-order valence-electron chi connectivity index (χ2n) is 2.81. The average molecular weight is 226 g/mol. The van der Waals surface area contributed by atoms with Crippen LogP contribution in [-0.2, 0) is 19.1 Å². The summed E-state index contributed by atoms with van der Waals surface area (Å²) in [7, 11) is 0. The summed E-state index contributed by atoms with van der Waals surface area (Å²) < 4.78 is 9.47. The Morgan fingerprint density at radius 1 is 1.12 bits per heavy atom. The van der Waals surface area contributed by atoms with E-state index in [0.29, 0.717) is 0 Å². The van der Waals surface area contributed by atoms with Crippen molar-refractivity contribution in [1.29, 1.82) is 0 Å². The molecule has 0 unspecified atom stereocenters. The van der Waals surface area contributed by atoms with Gasteiger partial charge in [-0.2, -0.15) is 0 Å². The predicted octanol–water partition coefficient (Wildman–Crippen LogP) is 0.793. The number of rotatable bonds is 4. The van der Waals surface area contributed by atoms with E-state index in [0.717, 1.165) is 0 Å². The highest BCUT2D eigenvalue weighted by molar-refractivity contribution is 5.93. The van der Waals surface area contributed by atoms with E-state index in [1.807, 2.05) is 0 Å². The van der Waals surface area contributed by atoms with E-state index in [4.69, 9.17) is 20.5 Å². The molecule has 10 nitrogen and oxygen atoms in total. The largest absolute Gasteiger partial charge is 0.422 e. The second-order valence-corrected chi connectivity index (χ2v) is 2.81. The van der Waals surface area contributed by atoms with Crippen molar-refractivity contribution in [3.63, 3.8) is 0 Å². The van der Waals surface area contributed by atoms with Crippen LogP contribution in [0.15, 0.2) is 10.2 Å². The Kier molecular flexibility index (Phi) is 3.54. The SMILES string of the molecule is [N-]=[N+]=NCC1(CN=[N+]=[N-])OC(=O)CC(=O)O1. The molecule has 0 spiro atoms. The molecule has 10 heteroatoms. The first-order valence-electron chi connectivity index (χ1n) is 4.07. The Morgan fingerprint density at radius 3 is 1.94 bits per heavy atom. The summed E-state index contributed by atoms with van der Waals surface area (Å²) in [4.78, 5) is 26.9. The van der Waals surface area contributed by atoms with Gasteiger partial charge in [0.05, 0.1) is 0 Å². The lowest BCUT2D eigenvalue weighted by Crippen LogP contribution is -2.49. The fourth-order valence-electron chi connectivity index (χ4n) is 1.08. The Labute approximate surface area is 88.4 Å². The van der Waals surface area contributed by atoms with E-state index < -0.39 is 37.2 Å². The highest BCUT2D eigenvalue weighted by Crippen LogP contribution is 2.22. The van der Waals surface area contributed by atoms with E-state index in [1.165, 1.54) is 0 Å². The molecule has 1 aliphatic rings.